The number of benzene rings is 2. The van der Waals surface area contributed by atoms with E-state index in [1.54, 1.807) is 12.1 Å². The summed E-state index contributed by atoms with van der Waals surface area (Å²) in [5, 5.41) is 8.36. The molecular formula is C19H18N2O6S2. The Morgan fingerprint density at radius 3 is 2.48 bits per heavy atom. The van der Waals surface area contributed by atoms with Crippen molar-refractivity contribution in [2.45, 2.75) is 10.6 Å². The average Bonchev–Trinajstić information content (AvgIpc) is 3.05. The van der Waals surface area contributed by atoms with Gasteiger partial charge in [-0.2, -0.15) is 11.8 Å². The number of esters is 1. The second-order valence-corrected chi connectivity index (χ2v) is 8.46. The van der Waals surface area contributed by atoms with Crippen LogP contribution in [0, 0.1) is 0 Å². The predicted octanol–water partition coefficient (Wildman–Crippen LogP) is 2.74. The van der Waals surface area contributed by atoms with Crippen LogP contribution >= 0.6 is 11.8 Å². The van der Waals surface area contributed by atoms with Gasteiger partial charge in [-0.05, 0) is 36.6 Å². The molecule has 152 valence electrons. The molecule has 0 saturated carbocycles. The van der Waals surface area contributed by atoms with Crippen LogP contribution in [0.3, 0.4) is 0 Å². The predicted molar refractivity (Wildman–Crippen MR) is 110 cm³/mol. The minimum absolute atomic E-state index is 0.0749. The Bertz CT molecular complexity index is 1150. The number of nitrogens with two attached hydrogens (primary N) is 1. The summed E-state index contributed by atoms with van der Waals surface area (Å²) < 4.78 is 33.2. The smallest absolute Gasteiger partial charge is 0.375 e. The number of anilines is 1. The quantitative estimate of drug-likeness (QED) is 0.547. The third-order valence-corrected chi connectivity index (χ3v) is 5.48. The molecule has 29 heavy (non-hydrogen) atoms. The molecule has 8 nitrogen and oxygen atoms in total. The summed E-state index contributed by atoms with van der Waals surface area (Å²) in [4.78, 5) is 24.4. The summed E-state index contributed by atoms with van der Waals surface area (Å²) in [5.74, 6) is -0.676. The minimum Gasteiger partial charge on any atom is -0.450 e. The number of primary sulfonamides is 1. The van der Waals surface area contributed by atoms with E-state index in [0.717, 1.165) is 10.9 Å². The first-order valence-electron chi connectivity index (χ1n) is 8.39. The first-order valence-corrected chi connectivity index (χ1v) is 11.3. The first-order chi connectivity index (χ1) is 13.8. The molecule has 10 heteroatoms. The summed E-state index contributed by atoms with van der Waals surface area (Å²) >= 11 is 1.54. The highest BCUT2D eigenvalue weighted by atomic mass is 32.2. The van der Waals surface area contributed by atoms with Gasteiger partial charge >= 0.3 is 5.97 Å². The first kappa shape index (κ1) is 20.9. The lowest BCUT2D eigenvalue weighted by molar-refractivity contribution is -0.119. The molecule has 3 aromatic rings. The van der Waals surface area contributed by atoms with Gasteiger partial charge in [-0.1, -0.05) is 18.2 Å². The Balaban J connectivity index is 1.65. The van der Waals surface area contributed by atoms with E-state index in [0.29, 0.717) is 17.0 Å². The third-order valence-electron chi connectivity index (χ3n) is 3.97. The highest BCUT2D eigenvalue weighted by Gasteiger charge is 2.22. The molecule has 1 heterocycles. The summed E-state index contributed by atoms with van der Waals surface area (Å²) in [5.41, 5.74) is 1.63. The number of rotatable bonds is 7. The second kappa shape index (κ2) is 8.68. The maximum absolute atomic E-state index is 12.4. The number of sulfonamides is 1. The molecule has 0 spiro atoms. The number of amides is 1. The van der Waals surface area contributed by atoms with Gasteiger partial charge < -0.3 is 14.5 Å². The van der Waals surface area contributed by atoms with E-state index in [1.165, 1.54) is 36.0 Å². The van der Waals surface area contributed by atoms with Crippen LogP contribution in [-0.4, -0.2) is 33.2 Å². The number of ether oxygens (including phenoxy) is 1. The Labute approximate surface area is 171 Å². The third kappa shape index (κ3) is 4.97. The van der Waals surface area contributed by atoms with Crippen molar-refractivity contribution in [1.82, 2.24) is 0 Å². The molecule has 0 saturated heterocycles. The summed E-state index contributed by atoms with van der Waals surface area (Å²) in [7, 11) is -3.81. The SMILES string of the molecule is CSCc1c(C(=O)OCC(=O)Nc2ccc(S(N)(=O)=O)cc2)oc2ccccc12. The normalized spacial score (nSPS) is 11.4. The minimum atomic E-state index is -3.81. The number of nitrogens with one attached hydrogen (secondary N) is 1. The number of thioether (sulfide) groups is 1. The molecule has 0 radical (unpaired) electrons. The van der Waals surface area contributed by atoms with Crippen molar-refractivity contribution in [3.63, 3.8) is 0 Å². The van der Waals surface area contributed by atoms with E-state index in [9.17, 15) is 18.0 Å². The molecule has 1 aromatic heterocycles. The molecule has 0 atom stereocenters. The zero-order chi connectivity index (χ0) is 21.0. The number of carbonyl (C=O) groups excluding carboxylic acids is 2. The summed E-state index contributed by atoms with van der Waals surface area (Å²) in [6.07, 6.45) is 1.91. The molecule has 0 aliphatic heterocycles. The molecular weight excluding hydrogens is 416 g/mol. The molecule has 0 unspecified atom stereocenters. The lowest BCUT2D eigenvalue weighted by Gasteiger charge is -2.07. The summed E-state index contributed by atoms with van der Waals surface area (Å²) in [6.45, 7) is -0.522. The van der Waals surface area contributed by atoms with E-state index in [4.69, 9.17) is 14.3 Å². The molecule has 0 aliphatic rings. The Kier molecular flexibility index (Phi) is 6.26. The van der Waals surface area contributed by atoms with Crippen molar-refractivity contribution >= 4 is 50.3 Å². The van der Waals surface area contributed by atoms with Gasteiger partial charge in [0.1, 0.15) is 5.58 Å². The topological polar surface area (TPSA) is 129 Å². The molecule has 0 fully saturated rings. The van der Waals surface area contributed by atoms with Gasteiger partial charge in [0.05, 0.1) is 4.90 Å². The zero-order valence-corrected chi connectivity index (χ0v) is 17.0. The van der Waals surface area contributed by atoms with Gasteiger partial charge in [-0.25, -0.2) is 18.4 Å². The Hall–Kier alpha value is -2.82. The monoisotopic (exact) mass is 434 g/mol. The fourth-order valence-corrected chi connectivity index (χ4v) is 3.76. The number of hydrogen-bond acceptors (Lipinski definition) is 7. The van der Waals surface area contributed by atoms with Gasteiger partial charge in [0.25, 0.3) is 5.91 Å². The van der Waals surface area contributed by atoms with Crippen molar-refractivity contribution in [3.05, 3.63) is 59.9 Å². The molecule has 3 N–H and O–H groups in total. The van der Waals surface area contributed by atoms with Gasteiger partial charge in [-0.15, -0.1) is 0 Å². The fraction of sp³-hybridized carbons (Fsp3) is 0.158. The summed E-state index contributed by atoms with van der Waals surface area (Å²) in [6, 6.07) is 12.6. The number of furan rings is 1. The van der Waals surface area contributed by atoms with Gasteiger partial charge in [-0.3, -0.25) is 4.79 Å². The van der Waals surface area contributed by atoms with Gasteiger partial charge in [0, 0.05) is 22.4 Å². The van der Waals surface area contributed by atoms with Crippen LogP contribution < -0.4 is 10.5 Å². The van der Waals surface area contributed by atoms with E-state index in [1.807, 2.05) is 18.4 Å². The van der Waals surface area contributed by atoms with E-state index < -0.39 is 28.5 Å². The fourth-order valence-electron chi connectivity index (χ4n) is 2.67. The average molecular weight is 434 g/mol. The van der Waals surface area contributed by atoms with Crippen molar-refractivity contribution in [3.8, 4) is 0 Å². The van der Waals surface area contributed by atoms with Crippen molar-refractivity contribution in [2.24, 2.45) is 5.14 Å². The van der Waals surface area contributed by atoms with Crippen LogP contribution in [0.1, 0.15) is 16.1 Å². The van der Waals surface area contributed by atoms with Crippen LogP contribution in [-0.2, 0) is 25.3 Å². The van der Waals surface area contributed by atoms with Crippen molar-refractivity contribution < 1.29 is 27.2 Å². The zero-order valence-electron chi connectivity index (χ0n) is 15.4. The lowest BCUT2D eigenvalue weighted by Crippen LogP contribution is -2.21. The molecule has 0 aliphatic carbocycles. The number of hydrogen-bond donors (Lipinski definition) is 2. The van der Waals surface area contributed by atoms with Gasteiger partial charge in [0.15, 0.2) is 6.61 Å². The number of fused-ring (bicyclic) bond motifs is 1. The molecule has 2 aromatic carbocycles. The Morgan fingerprint density at radius 1 is 1.14 bits per heavy atom. The maximum Gasteiger partial charge on any atom is 0.375 e. The largest absolute Gasteiger partial charge is 0.450 e. The number of carbonyl (C=O) groups is 2. The van der Waals surface area contributed by atoms with Crippen LogP contribution in [0.5, 0.6) is 0 Å². The van der Waals surface area contributed by atoms with Gasteiger partial charge in [0.2, 0.25) is 15.8 Å². The number of para-hydroxylation sites is 1. The Morgan fingerprint density at radius 2 is 1.83 bits per heavy atom. The van der Waals surface area contributed by atoms with Crippen LogP contribution in [0.25, 0.3) is 11.0 Å². The molecule has 1 amide bonds. The van der Waals surface area contributed by atoms with E-state index in [2.05, 4.69) is 5.32 Å². The van der Waals surface area contributed by atoms with Crippen molar-refractivity contribution in [1.29, 1.82) is 0 Å². The van der Waals surface area contributed by atoms with Crippen LogP contribution in [0.2, 0.25) is 0 Å². The van der Waals surface area contributed by atoms with E-state index in [-0.39, 0.29) is 10.7 Å². The molecule has 3 rings (SSSR count). The highest BCUT2D eigenvalue weighted by Crippen LogP contribution is 2.29. The van der Waals surface area contributed by atoms with E-state index >= 15 is 0 Å². The van der Waals surface area contributed by atoms with Crippen molar-refractivity contribution in [2.75, 3.05) is 18.2 Å². The maximum atomic E-state index is 12.4. The second-order valence-electron chi connectivity index (χ2n) is 6.03. The van der Waals surface area contributed by atoms with Crippen LogP contribution in [0.15, 0.2) is 57.8 Å². The molecule has 0 bridgehead atoms. The standard InChI is InChI=1S/C19H18N2O6S2/c1-28-11-15-14-4-2-3-5-16(14)27-18(15)19(23)26-10-17(22)21-12-6-8-13(9-7-12)29(20,24)25/h2-9H,10-11H2,1H3,(H,21,22)(H2,20,24,25). The lowest BCUT2D eigenvalue weighted by atomic mass is 10.1. The van der Waals surface area contributed by atoms with Crippen LogP contribution in [0.4, 0.5) is 5.69 Å². The highest BCUT2D eigenvalue weighted by molar-refractivity contribution is 7.97.